The van der Waals surface area contributed by atoms with Crippen LogP contribution in [0.25, 0.3) is 0 Å². The number of nitrogens with one attached hydrogen (secondary N) is 1. The highest BCUT2D eigenvalue weighted by Crippen LogP contribution is 2.52. The fourth-order valence-electron chi connectivity index (χ4n) is 5.22. The number of rotatable bonds is 6. The lowest BCUT2D eigenvalue weighted by molar-refractivity contribution is -0.00900. The molecule has 160 valence electrons. The lowest BCUT2D eigenvalue weighted by atomic mass is 9.83. The van der Waals surface area contributed by atoms with E-state index < -0.39 is 33.7 Å². The number of ether oxygens (including phenoxy) is 1. The minimum absolute atomic E-state index is 0.0974. The maximum atomic E-state index is 11.9. The second kappa shape index (κ2) is 7.89. The molecule has 2 aliphatic carbocycles. The smallest absolute Gasteiger partial charge is 0.408 e. The second-order valence-electron chi connectivity index (χ2n) is 8.86. The van der Waals surface area contributed by atoms with Crippen LogP contribution >= 0.6 is 0 Å². The van der Waals surface area contributed by atoms with Gasteiger partial charge in [-0.3, -0.25) is 4.90 Å². The van der Waals surface area contributed by atoms with Crippen LogP contribution in [0, 0.1) is 0 Å². The van der Waals surface area contributed by atoms with E-state index in [9.17, 15) is 18.3 Å². The fourth-order valence-corrected chi connectivity index (χ4v) is 6.01. The molecule has 2 atom stereocenters. The van der Waals surface area contributed by atoms with E-state index in [1.807, 2.05) is 6.07 Å². The summed E-state index contributed by atoms with van der Waals surface area (Å²) in [5.41, 5.74) is 0.958. The Bertz CT molecular complexity index is 832. The number of hydrogen-bond donors (Lipinski definition) is 2. The molecule has 1 saturated heterocycles. The van der Waals surface area contributed by atoms with Gasteiger partial charge in [-0.2, -0.15) is 0 Å². The van der Waals surface area contributed by atoms with Gasteiger partial charge in [0, 0.05) is 11.6 Å². The van der Waals surface area contributed by atoms with Crippen LogP contribution in [0.3, 0.4) is 0 Å². The molecule has 3 fully saturated rings. The van der Waals surface area contributed by atoms with E-state index in [0.29, 0.717) is 12.3 Å². The number of benzene rings is 1. The molecule has 29 heavy (non-hydrogen) atoms. The second-order valence-corrected chi connectivity index (χ2v) is 10.6. The summed E-state index contributed by atoms with van der Waals surface area (Å²) >= 11 is 0. The molecule has 7 nitrogen and oxygen atoms in total. The van der Waals surface area contributed by atoms with Crippen molar-refractivity contribution in [2.75, 3.05) is 12.9 Å². The first-order chi connectivity index (χ1) is 13.8. The summed E-state index contributed by atoms with van der Waals surface area (Å²) in [6.07, 6.45) is 6.33. The van der Waals surface area contributed by atoms with E-state index in [0.717, 1.165) is 44.8 Å². The van der Waals surface area contributed by atoms with Crippen LogP contribution in [0.2, 0.25) is 0 Å². The van der Waals surface area contributed by atoms with Gasteiger partial charge in [0.1, 0.15) is 0 Å². The van der Waals surface area contributed by atoms with Crippen LogP contribution in [0.4, 0.5) is 4.79 Å². The minimum atomic E-state index is -3.42. The molecule has 4 rings (SSSR count). The third-order valence-corrected chi connectivity index (χ3v) is 7.48. The summed E-state index contributed by atoms with van der Waals surface area (Å²) in [4.78, 5) is 13.4. The summed E-state index contributed by atoms with van der Waals surface area (Å²) < 4.78 is 32.4. The van der Waals surface area contributed by atoms with Crippen LogP contribution in [-0.2, 0) is 14.8 Å². The van der Waals surface area contributed by atoms with Crippen molar-refractivity contribution in [2.45, 2.75) is 74.6 Å². The Morgan fingerprint density at radius 2 is 1.86 bits per heavy atom. The van der Waals surface area contributed by atoms with Crippen molar-refractivity contribution in [3.05, 3.63) is 35.9 Å². The molecule has 3 aliphatic rings. The molecule has 0 bridgehead atoms. The average molecular weight is 423 g/mol. The third-order valence-electron chi connectivity index (χ3n) is 6.75. The van der Waals surface area contributed by atoms with Crippen molar-refractivity contribution in [3.8, 4) is 0 Å². The van der Waals surface area contributed by atoms with Crippen molar-refractivity contribution in [1.29, 1.82) is 0 Å². The Hall–Kier alpha value is -1.64. The molecule has 1 aromatic rings. The van der Waals surface area contributed by atoms with Crippen LogP contribution in [0.1, 0.15) is 56.4 Å². The molecular formula is C21H30N2O5S. The molecule has 1 spiro atoms. The topological polar surface area (TPSA) is 95.9 Å². The maximum absolute atomic E-state index is 11.9. The first kappa shape index (κ1) is 20.6. The van der Waals surface area contributed by atoms with Crippen LogP contribution in [0.15, 0.2) is 30.3 Å². The highest BCUT2D eigenvalue weighted by molar-refractivity contribution is 7.88. The van der Waals surface area contributed by atoms with E-state index in [2.05, 4.69) is 29.0 Å². The molecule has 1 amide bonds. The molecule has 1 heterocycles. The lowest BCUT2D eigenvalue weighted by Gasteiger charge is -2.33. The SMILES string of the molecule is CS(=O)(=O)N[C@H]1CC2(CC2)N(C(=O)O)[C@H]1CO[C@H]1CC[C@@H](c2ccccc2)CC1. The normalized spacial score (nSPS) is 31.1. The Kier molecular flexibility index (Phi) is 5.61. The van der Waals surface area contributed by atoms with Gasteiger partial charge in [-0.15, -0.1) is 0 Å². The van der Waals surface area contributed by atoms with E-state index >= 15 is 0 Å². The highest BCUT2D eigenvalue weighted by atomic mass is 32.2. The summed E-state index contributed by atoms with van der Waals surface area (Å²) in [5, 5.41) is 9.77. The molecule has 2 N–H and O–H groups in total. The number of sulfonamides is 1. The summed E-state index contributed by atoms with van der Waals surface area (Å²) in [7, 11) is -3.42. The van der Waals surface area contributed by atoms with Crippen molar-refractivity contribution >= 4 is 16.1 Å². The van der Waals surface area contributed by atoms with Crippen molar-refractivity contribution in [3.63, 3.8) is 0 Å². The van der Waals surface area contributed by atoms with Crippen LogP contribution < -0.4 is 4.72 Å². The van der Waals surface area contributed by atoms with E-state index in [4.69, 9.17) is 4.74 Å². The minimum Gasteiger partial charge on any atom is -0.465 e. The first-order valence-electron chi connectivity index (χ1n) is 10.4. The molecule has 2 saturated carbocycles. The summed E-state index contributed by atoms with van der Waals surface area (Å²) in [5.74, 6) is 0.549. The Morgan fingerprint density at radius 3 is 2.41 bits per heavy atom. The number of amides is 1. The lowest BCUT2D eigenvalue weighted by Crippen LogP contribution is -2.50. The average Bonchev–Trinajstić information content (AvgIpc) is 3.36. The maximum Gasteiger partial charge on any atom is 0.408 e. The standard InChI is InChI=1S/C21H30N2O5S/c1-29(26,27)22-18-13-21(11-12-21)23(20(24)25)19(18)14-28-17-9-7-16(8-10-17)15-5-3-2-4-6-15/h2-6,16-19,22H,7-14H2,1H3,(H,24,25)/t16-,17+,18-,19-/m0/s1. The molecule has 1 aromatic carbocycles. The summed E-state index contributed by atoms with van der Waals surface area (Å²) in [6, 6.07) is 9.61. The Balaban J connectivity index is 1.37. The largest absolute Gasteiger partial charge is 0.465 e. The number of hydrogen-bond acceptors (Lipinski definition) is 4. The number of likely N-dealkylation sites (tertiary alicyclic amines) is 1. The highest BCUT2D eigenvalue weighted by Gasteiger charge is 2.61. The number of carbonyl (C=O) groups is 1. The van der Waals surface area contributed by atoms with Crippen LogP contribution in [0.5, 0.6) is 0 Å². The third kappa shape index (κ3) is 4.59. The first-order valence-corrected chi connectivity index (χ1v) is 12.3. The molecule has 8 heteroatoms. The molecule has 0 radical (unpaired) electrons. The van der Waals surface area contributed by atoms with Gasteiger partial charge >= 0.3 is 6.09 Å². The predicted octanol–water partition coefficient (Wildman–Crippen LogP) is 2.93. The van der Waals surface area contributed by atoms with Gasteiger partial charge in [0.15, 0.2) is 0 Å². The fraction of sp³-hybridized carbons (Fsp3) is 0.667. The van der Waals surface area contributed by atoms with E-state index in [1.54, 1.807) is 0 Å². The zero-order valence-electron chi connectivity index (χ0n) is 16.8. The van der Waals surface area contributed by atoms with Crippen molar-refractivity contribution in [2.24, 2.45) is 0 Å². The van der Waals surface area contributed by atoms with Crippen LogP contribution in [-0.4, -0.2) is 61.1 Å². The number of carboxylic acid groups (broad SMARTS) is 1. The van der Waals surface area contributed by atoms with E-state index in [-0.39, 0.29) is 12.7 Å². The summed E-state index contributed by atoms with van der Waals surface area (Å²) in [6.45, 7) is 0.238. The zero-order valence-corrected chi connectivity index (χ0v) is 17.6. The van der Waals surface area contributed by atoms with Gasteiger partial charge in [-0.25, -0.2) is 17.9 Å². The molecular weight excluding hydrogens is 392 g/mol. The number of nitrogens with zero attached hydrogens (tertiary/aromatic N) is 1. The van der Waals surface area contributed by atoms with Crippen molar-refractivity contribution in [1.82, 2.24) is 9.62 Å². The van der Waals surface area contributed by atoms with E-state index in [1.165, 1.54) is 10.5 Å². The van der Waals surface area contributed by atoms with Gasteiger partial charge in [-0.05, 0) is 56.4 Å². The van der Waals surface area contributed by atoms with Gasteiger partial charge in [0.25, 0.3) is 0 Å². The zero-order chi connectivity index (χ0) is 20.6. The molecule has 1 aliphatic heterocycles. The Morgan fingerprint density at radius 1 is 1.21 bits per heavy atom. The quantitative estimate of drug-likeness (QED) is 0.735. The van der Waals surface area contributed by atoms with Gasteiger partial charge in [0.05, 0.1) is 25.0 Å². The monoisotopic (exact) mass is 422 g/mol. The molecule has 0 unspecified atom stereocenters. The van der Waals surface area contributed by atoms with Crippen molar-refractivity contribution < 1.29 is 23.1 Å². The predicted molar refractivity (Wildman–Crippen MR) is 109 cm³/mol. The van der Waals surface area contributed by atoms with Gasteiger partial charge in [-0.1, -0.05) is 30.3 Å². The van der Waals surface area contributed by atoms with Gasteiger partial charge in [0.2, 0.25) is 10.0 Å². The van der Waals surface area contributed by atoms with Gasteiger partial charge < -0.3 is 9.84 Å². The Labute approximate surface area is 172 Å². The molecule has 0 aromatic heterocycles.